The Balaban J connectivity index is 0.885. The van der Waals surface area contributed by atoms with Gasteiger partial charge in [-0.05, 0) is 130 Å². The minimum Gasteiger partial charge on any atom is -0.135 e. The molecule has 13 aromatic rings. The predicted octanol–water partition coefficient (Wildman–Crippen LogP) is 17.7. The quantitative estimate of drug-likeness (QED) is 0.156. The lowest BCUT2D eigenvalue weighted by Gasteiger charge is -2.18. The van der Waals surface area contributed by atoms with E-state index in [4.69, 9.17) is 0 Å². The monoisotopic (exact) mass is 794 g/mol. The van der Waals surface area contributed by atoms with Crippen molar-refractivity contribution >= 4 is 106 Å². The Hall–Kier alpha value is -7.10. The molecule has 0 N–H and O–H groups in total. The molecule has 0 bridgehead atoms. The van der Waals surface area contributed by atoms with E-state index < -0.39 is 0 Å². The number of hydrogen-bond donors (Lipinski definition) is 0. The highest BCUT2D eigenvalue weighted by atomic mass is 32.1. The molecular formula is C58H34S2. The van der Waals surface area contributed by atoms with Gasteiger partial charge in [-0.15, -0.1) is 22.7 Å². The zero-order valence-corrected chi connectivity index (χ0v) is 34.1. The van der Waals surface area contributed by atoms with Crippen molar-refractivity contribution in [3.05, 3.63) is 206 Å². The zero-order valence-electron chi connectivity index (χ0n) is 32.4. The van der Waals surface area contributed by atoms with Crippen LogP contribution >= 0.6 is 22.7 Å². The molecule has 0 saturated heterocycles. The predicted molar refractivity (Wildman–Crippen MR) is 264 cm³/mol. The van der Waals surface area contributed by atoms with Gasteiger partial charge in [-0.3, -0.25) is 0 Å². The maximum Gasteiger partial charge on any atom is 0.0362 e. The molecule has 2 heterocycles. The maximum absolute atomic E-state index is 2.42. The van der Waals surface area contributed by atoms with Gasteiger partial charge in [-0.2, -0.15) is 0 Å². The largest absolute Gasteiger partial charge is 0.135 e. The van der Waals surface area contributed by atoms with Crippen molar-refractivity contribution in [1.82, 2.24) is 0 Å². The first kappa shape index (κ1) is 33.8. The molecule has 0 fully saturated rings. The molecule has 2 heteroatoms. The van der Waals surface area contributed by atoms with Crippen LogP contribution in [-0.4, -0.2) is 0 Å². The number of fused-ring (bicyclic) bond motifs is 10. The lowest BCUT2D eigenvalue weighted by Crippen LogP contribution is -1.91. The molecule has 0 aliphatic heterocycles. The van der Waals surface area contributed by atoms with Crippen LogP contribution in [0.1, 0.15) is 0 Å². The summed E-state index contributed by atoms with van der Waals surface area (Å²) in [6, 6.07) is 76.9. The molecule has 13 rings (SSSR count). The van der Waals surface area contributed by atoms with E-state index in [1.165, 1.54) is 128 Å². The van der Waals surface area contributed by atoms with E-state index >= 15 is 0 Å². The van der Waals surface area contributed by atoms with Crippen molar-refractivity contribution in [3.8, 4) is 44.5 Å². The van der Waals surface area contributed by atoms with Crippen molar-refractivity contribution in [1.29, 1.82) is 0 Å². The highest BCUT2D eigenvalue weighted by Gasteiger charge is 2.17. The smallest absolute Gasteiger partial charge is 0.0362 e. The van der Waals surface area contributed by atoms with Gasteiger partial charge >= 0.3 is 0 Å². The molecule has 0 aliphatic rings. The third-order valence-electron chi connectivity index (χ3n) is 12.6. The second-order valence-electron chi connectivity index (χ2n) is 16.0. The minimum absolute atomic E-state index is 1.22. The first-order valence-electron chi connectivity index (χ1n) is 20.6. The third kappa shape index (κ3) is 5.28. The summed E-state index contributed by atoms with van der Waals surface area (Å²) < 4.78 is 5.42. The molecule has 278 valence electrons. The van der Waals surface area contributed by atoms with E-state index in [1.807, 2.05) is 22.7 Å². The van der Waals surface area contributed by atoms with Crippen LogP contribution in [0.5, 0.6) is 0 Å². The number of rotatable bonds is 4. The lowest BCUT2D eigenvalue weighted by atomic mass is 9.85. The Morgan fingerprint density at radius 2 is 0.583 bits per heavy atom. The standard InChI is InChI=1S/C58H34S2/c1-2-10-40-29-41(26-21-35(40)9-1)36-17-22-38(23-18-36)57-46-12-3-5-14-48(46)58(49-15-6-4-13-47(49)57)39-24-19-37(20-25-39)42-27-28-43-32-54-50(31-44(43)30-42)52-34-55-51(33-56(52)60-54)45-11-7-8-16-53(45)59-55/h1-34H. The van der Waals surface area contributed by atoms with Crippen LogP contribution in [0, 0.1) is 0 Å². The zero-order chi connectivity index (χ0) is 39.3. The highest BCUT2D eigenvalue weighted by Crippen LogP contribution is 2.46. The van der Waals surface area contributed by atoms with Crippen LogP contribution in [0.4, 0.5) is 0 Å². The number of benzene rings is 11. The van der Waals surface area contributed by atoms with E-state index in [1.54, 1.807) is 0 Å². The fourth-order valence-corrected chi connectivity index (χ4v) is 12.0. The Kier molecular flexibility index (Phi) is 7.45. The van der Waals surface area contributed by atoms with Crippen LogP contribution in [0.3, 0.4) is 0 Å². The molecule has 0 spiro atoms. The van der Waals surface area contributed by atoms with Crippen molar-refractivity contribution < 1.29 is 0 Å². The summed E-state index contributed by atoms with van der Waals surface area (Å²) in [4.78, 5) is 0. The van der Waals surface area contributed by atoms with Gasteiger partial charge in [-0.25, -0.2) is 0 Å². The molecule has 0 aliphatic carbocycles. The molecule has 0 radical (unpaired) electrons. The fraction of sp³-hybridized carbons (Fsp3) is 0. The molecule has 2 aromatic heterocycles. The van der Waals surface area contributed by atoms with Gasteiger partial charge in [0.25, 0.3) is 0 Å². The van der Waals surface area contributed by atoms with Gasteiger partial charge < -0.3 is 0 Å². The summed E-state index contributed by atoms with van der Waals surface area (Å²) in [7, 11) is 0. The topological polar surface area (TPSA) is 0 Å². The van der Waals surface area contributed by atoms with Crippen molar-refractivity contribution in [2.45, 2.75) is 0 Å². The van der Waals surface area contributed by atoms with Crippen LogP contribution in [-0.2, 0) is 0 Å². The molecule has 60 heavy (non-hydrogen) atoms. The summed E-state index contributed by atoms with van der Waals surface area (Å²) in [6.07, 6.45) is 0. The van der Waals surface area contributed by atoms with Gasteiger partial charge in [0.15, 0.2) is 0 Å². The Morgan fingerprint density at radius 1 is 0.200 bits per heavy atom. The summed E-state index contributed by atoms with van der Waals surface area (Å²) in [5, 5.41) is 15.6. The van der Waals surface area contributed by atoms with E-state index in [0.29, 0.717) is 0 Å². The van der Waals surface area contributed by atoms with Crippen molar-refractivity contribution in [2.24, 2.45) is 0 Å². The normalized spacial score (nSPS) is 12.0. The summed E-state index contributed by atoms with van der Waals surface area (Å²) in [6.45, 7) is 0. The summed E-state index contributed by atoms with van der Waals surface area (Å²) in [5.41, 5.74) is 9.93. The fourth-order valence-electron chi connectivity index (χ4n) is 9.69. The van der Waals surface area contributed by atoms with Crippen LogP contribution in [0.25, 0.3) is 128 Å². The first-order valence-corrected chi connectivity index (χ1v) is 22.2. The first-order chi connectivity index (χ1) is 29.7. The highest BCUT2D eigenvalue weighted by molar-refractivity contribution is 7.27. The number of hydrogen-bond acceptors (Lipinski definition) is 2. The van der Waals surface area contributed by atoms with Crippen LogP contribution in [0.2, 0.25) is 0 Å². The van der Waals surface area contributed by atoms with Crippen LogP contribution < -0.4 is 0 Å². The van der Waals surface area contributed by atoms with Gasteiger partial charge in [0.2, 0.25) is 0 Å². The van der Waals surface area contributed by atoms with E-state index in [2.05, 4.69) is 206 Å². The molecule has 0 unspecified atom stereocenters. The Morgan fingerprint density at radius 3 is 1.18 bits per heavy atom. The van der Waals surface area contributed by atoms with Gasteiger partial charge in [-0.1, -0.05) is 164 Å². The second-order valence-corrected chi connectivity index (χ2v) is 18.2. The SMILES string of the molecule is c1ccc2cc(-c3ccc(-c4c5ccccc5c(-c5ccc(-c6ccc7cc8sc9cc%10c(cc9c8cc7c6)sc6ccccc6%10)cc5)c5ccccc45)cc3)ccc2c1. The van der Waals surface area contributed by atoms with Gasteiger partial charge in [0.05, 0.1) is 0 Å². The maximum atomic E-state index is 2.42. The van der Waals surface area contributed by atoms with Crippen molar-refractivity contribution in [3.63, 3.8) is 0 Å². The Labute approximate surface area is 354 Å². The number of thiophene rings is 2. The summed E-state index contributed by atoms with van der Waals surface area (Å²) in [5.74, 6) is 0. The average Bonchev–Trinajstić information content (AvgIpc) is 3.85. The van der Waals surface area contributed by atoms with E-state index in [0.717, 1.165) is 0 Å². The molecule has 11 aromatic carbocycles. The van der Waals surface area contributed by atoms with E-state index in [-0.39, 0.29) is 0 Å². The Bertz CT molecular complexity index is 3810. The van der Waals surface area contributed by atoms with Gasteiger partial charge in [0, 0.05) is 40.3 Å². The molecule has 0 atom stereocenters. The summed E-state index contributed by atoms with van der Waals surface area (Å²) >= 11 is 3.80. The van der Waals surface area contributed by atoms with Crippen molar-refractivity contribution in [2.75, 3.05) is 0 Å². The molecule has 0 nitrogen and oxygen atoms in total. The molecule has 0 amide bonds. The van der Waals surface area contributed by atoms with E-state index in [9.17, 15) is 0 Å². The second kappa shape index (κ2) is 13.2. The van der Waals surface area contributed by atoms with Gasteiger partial charge in [0.1, 0.15) is 0 Å². The molecular weight excluding hydrogens is 761 g/mol. The third-order valence-corrected chi connectivity index (χ3v) is 14.9. The minimum atomic E-state index is 1.22. The van der Waals surface area contributed by atoms with Crippen LogP contribution in [0.15, 0.2) is 206 Å². The average molecular weight is 795 g/mol. The molecule has 0 saturated carbocycles. The lowest BCUT2D eigenvalue weighted by molar-refractivity contribution is 1.62.